The van der Waals surface area contributed by atoms with Gasteiger partial charge in [0.15, 0.2) is 23.6 Å². The van der Waals surface area contributed by atoms with Crippen LogP contribution < -0.4 is 14.8 Å². The molecule has 5 rings (SSSR count). The molecule has 0 radical (unpaired) electrons. The average Bonchev–Trinajstić information content (AvgIpc) is 3.41. The zero-order valence-electron chi connectivity index (χ0n) is 23.8. The lowest BCUT2D eigenvalue weighted by molar-refractivity contribution is -0.145. The zero-order chi connectivity index (χ0) is 30.0. The van der Waals surface area contributed by atoms with Crippen LogP contribution in [0.25, 0.3) is 0 Å². The summed E-state index contributed by atoms with van der Waals surface area (Å²) in [4.78, 5) is 25.9. The lowest BCUT2D eigenvalue weighted by Gasteiger charge is -2.20. The molecule has 1 heterocycles. The van der Waals surface area contributed by atoms with Crippen molar-refractivity contribution in [3.63, 3.8) is 0 Å². The Morgan fingerprint density at radius 1 is 0.953 bits per heavy atom. The van der Waals surface area contributed by atoms with Gasteiger partial charge in [-0.2, -0.15) is 0 Å². The van der Waals surface area contributed by atoms with E-state index in [4.69, 9.17) is 9.47 Å². The Hall–Kier alpha value is -3.76. The standard InChI is InChI=1S/C32H33F3N2O5.ClH/c1-18(2)20-5-9-23(10-6-20)42-28(32(39)40)13-19-3-7-22(8-4-19)41-12-11-36-30-24-16-37(17-25(24)30)31(38)21-14-26(33)29(35)27(34)15-21;/h3-10,14-15,18,24-25,28,30,36H,11-13,16-17H2,1-2H3,(H,39,40);1H/t24-,25?,28-,30?;/m0./s1. The van der Waals surface area contributed by atoms with Gasteiger partial charge in [0.1, 0.15) is 18.1 Å². The number of carbonyl (C=O) groups excluding carboxylic acids is 1. The maximum absolute atomic E-state index is 13.5. The highest BCUT2D eigenvalue weighted by Crippen LogP contribution is 2.45. The Kier molecular flexibility index (Phi) is 10.2. The first kappa shape index (κ1) is 32.2. The summed E-state index contributed by atoms with van der Waals surface area (Å²) in [5.74, 6) is -3.84. The third kappa shape index (κ3) is 7.61. The SMILES string of the molecule is CC(C)c1ccc(O[C@@H](Cc2ccc(OCCNC3C4CN(C(=O)c5cc(F)c(F)c(F)c5)C[C@@H]43)cc2)C(=O)O)cc1.Cl. The van der Waals surface area contributed by atoms with Crippen LogP contribution in [0.1, 0.15) is 41.3 Å². The fourth-order valence-electron chi connectivity index (χ4n) is 5.46. The van der Waals surface area contributed by atoms with Gasteiger partial charge >= 0.3 is 5.97 Å². The molecule has 0 spiro atoms. The molecule has 0 bridgehead atoms. The maximum atomic E-state index is 13.5. The second-order valence-corrected chi connectivity index (χ2v) is 11.1. The number of hydrogen-bond acceptors (Lipinski definition) is 5. The number of carboxylic acid groups (broad SMARTS) is 1. The van der Waals surface area contributed by atoms with E-state index in [0.29, 0.717) is 43.7 Å². The van der Waals surface area contributed by atoms with Crippen LogP contribution in [-0.2, 0) is 11.2 Å². The minimum Gasteiger partial charge on any atom is -0.492 e. The normalized spacial score (nSPS) is 19.4. The van der Waals surface area contributed by atoms with Gasteiger partial charge in [0.2, 0.25) is 0 Å². The molecule has 0 aromatic heterocycles. The van der Waals surface area contributed by atoms with E-state index in [1.54, 1.807) is 29.2 Å². The number of amides is 1. The maximum Gasteiger partial charge on any atom is 0.345 e. The van der Waals surface area contributed by atoms with Crippen LogP contribution in [0, 0.1) is 29.3 Å². The van der Waals surface area contributed by atoms with Crippen molar-refractivity contribution < 1.29 is 37.3 Å². The van der Waals surface area contributed by atoms with Crippen molar-refractivity contribution in [2.45, 2.75) is 38.3 Å². The number of rotatable bonds is 12. The number of benzene rings is 3. The Bertz CT molecular complexity index is 1400. The van der Waals surface area contributed by atoms with E-state index in [2.05, 4.69) is 19.2 Å². The van der Waals surface area contributed by atoms with Gasteiger partial charge in [-0.15, -0.1) is 12.4 Å². The summed E-state index contributed by atoms with van der Waals surface area (Å²) in [6.07, 6.45) is -0.814. The summed E-state index contributed by atoms with van der Waals surface area (Å²) < 4.78 is 51.7. The van der Waals surface area contributed by atoms with Gasteiger partial charge in [0.25, 0.3) is 5.91 Å². The van der Waals surface area contributed by atoms with Gasteiger partial charge < -0.3 is 24.8 Å². The molecule has 3 aromatic carbocycles. The van der Waals surface area contributed by atoms with Gasteiger partial charge in [0.05, 0.1) is 0 Å². The lowest BCUT2D eigenvalue weighted by atomic mass is 10.0. The number of ether oxygens (including phenoxy) is 2. The fraction of sp³-hybridized carbons (Fsp3) is 0.375. The number of halogens is 4. The molecule has 3 aromatic rings. The van der Waals surface area contributed by atoms with Gasteiger partial charge in [-0.3, -0.25) is 4.79 Å². The van der Waals surface area contributed by atoms with E-state index in [1.807, 2.05) is 24.3 Å². The van der Waals surface area contributed by atoms with E-state index >= 15 is 0 Å². The van der Waals surface area contributed by atoms with Gasteiger partial charge in [-0.1, -0.05) is 38.1 Å². The zero-order valence-corrected chi connectivity index (χ0v) is 24.6. The van der Waals surface area contributed by atoms with E-state index in [-0.39, 0.29) is 42.3 Å². The smallest absolute Gasteiger partial charge is 0.345 e. The van der Waals surface area contributed by atoms with Crippen molar-refractivity contribution in [2.75, 3.05) is 26.2 Å². The van der Waals surface area contributed by atoms with E-state index in [9.17, 15) is 27.9 Å². The van der Waals surface area contributed by atoms with Crippen molar-refractivity contribution in [1.82, 2.24) is 10.2 Å². The molecule has 1 amide bonds. The molecule has 2 unspecified atom stereocenters. The molecule has 230 valence electrons. The molecule has 2 N–H and O–H groups in total. The van der Waals surface area contributed by atoms with Crippen LogP contribution in [-0.4, -0.2) is 60.3 Å². The van der Waals surface area contributed by atoms with Crippen molar-refractivity contribution in [2.24, 2.45) is 11.8 Å². The Labute approximate surface area is 254 Å². The molecule has 2 fully saturated rings. The minimum atomic E-state index is -1.58. The third-order valence-corrected chi connectivity index (χ3v) is 7.91. The predicted molar refractivity (Wildman–Crippen MR) is 156 cm³/mol. The first-order valence-corrected chi connectivity index (χ1v) is 14.0. The molecular weight excluding hydrogens is 585 g/mol. The number of carboxylic acids is 1. The predicted octanol–water partition coefficient (Wildman–Crippen LogP) is 5.46. The molecule has 43 heavy (non-hydrogen) atoms. The van der Waals surface area contributed by atoms with Crippen LogP contribution in [0.3, 0.4) is 0 Å². The molecule has 1 saturated heterocycles. The quantitative estimate of drug-likeness (QED) is 0.207. The second kappa shape index (κ2) is 13.7. The molecule has 1 saturated carbocycles. The number of aliphatic carboxylic acids is 1. The van der Waals surface area contributed by atoms with Crippen LogP contribution in [0.15, 0.2) is 60.7 Å². The number of carbonyl (C=O) groups is 2. The highest BCUT2D eigenvalue weighted by molar-refractivity contribution is 5.94. The third-order valence-electron chi connectivity index (χ3n) is 7.91. The average molecular weight is 619 g/mol. The van der Waals surface area contributed by atoms with Crippen LogP contribution in [0.5, 0.6) is 11.5 Å². The first-order valence-electron chi connectivity index (χ1n) is 14.0. The monoisotopic (exact) mass is 618 g/mol. The molecule has 4 atom stereocenters. The topological polar surface area (TPSA) is 88.1 Å². The van der Waals surface area contributed by atoms with Crippen molar-refractivity contribution >= 4 is 24.3 Å². The summed E-state index contributed by atoms with van der Waals surface area (Å²) in [5.41, 5.74) is 1.76. The number of nitrogens with zero attached hydrogens (tertiary/aromatic N) is 1. The van der Waals surface area contributed by atoms with Crippen LogP contribution >= 0.6 is 12.4 Å². The molecular formula is C32H34ClF3N2O5. The summed E-state index contributed by atoms with van der Waals surface area (Å²) in [6.45, 7) is 6.12. The van der Waals surface area contributed by atoms with E-state index in [1.165, 1.54) is 0 Å². The van der Waals surface area contributed by atoms with Crippen molar-refractivity contribution in [3.8, 4) is 11.5 Å². The van der Waals surface area contributed by atoms with E-state index in [0.717, 1.165) is 23.3 Å². The summed E-state index contributed by atoms with van der Waals surface area (Å²) in [5, 5.41) is 13.1. The van der Waals surface area contributed by atoms with Crippen LogP contribution in [0.2, 0.25) is 0 Å². The number of likely N-dealkylation sites (tertiary alicyclic amines) is 1. The number of fused-ring (bicyclic) bond motifs is 1. The molecule has 11 heteroatoms. The summed E-state index contributed by atoms with van der Waals surface area (Å²) in [6, 6.07) is 16.4. The summed E-state index contributed by atoms with van der Waals surface area (Å²) in [7, 11) is 0. The van der Waals surface area contributed by atoms with Crippen molar-refractivity contribution in [1.29, 1.82) is 0 Å². The van der Waals surface area contributed by atoms with Crippen molar-refractivity contribution in [3.05, 3.63) is 94.8 Å². The molecule has 2 aliphatic rings. The molecule has 1 aliphatic carbocycles. The number of piperidine rings is 1. The fourth-order valence-corrected chi connectivity index (χ4v) is 5.46. The minimum absolute atomic E-state index is 0. The Morgan fingerprint density at radius 2 is 1.53 bits per heavy atom. The van der Waals surface area contributed by atoms with Crippen LogP contribution in [0.4, 0.5) is 13.2 Å². The van der Waals surface area contributed by atoms with Gasteiger partial charge in [-0.05, 0) is 65.3 Å². The largest absolute Gasteiger partial charge is 0.492 e. The first-order chi connectivity index (χ1) is 20.1. The van der Waals surface area contributed by atoms with E-state index < -0.39 is 35.4 Å². The molecule has 7 nitrogen and oxygen atoms in total. The Morgan fingerprint density at radius 3 is 2.09 bits per heavy atom. The van der Waals surface area contributed by atoms with Gasteiger partial charge in [0, 0.05) is 37.7 Å². The molecule has 1 aliphatic heterocycles. The van der Waals surface area contributed by atoms with Gasteiger partial charge in [-0.25, -0.2) is 18.0 Å². The number of hydrogen-bond donors (Lipinski definition) is 2. The highest BCUT2D eigenvalue weighted by Gasteiger charge is 2.56. The second-order valence-electron chi connectivity index (χ2n) is 11.1. The number of nitrogens with one attached hydrogen (secondary N) is 1. The lowest BCUT2D eigenvalue weighted by Crippen LogP contribution is -2.36. The highest BCUT2D eigenvalue weighted by atomic mass is 35.5. The summed E-state index contributed by atoms with van der Waals surface area (Å²) >= 11 is 0. The Balaban J connectivity index is 0.00000423.